The predicted octanol–water partition coefficient (Wildman–Crippen LogP) is 3.65. The van der Waals surface area contributed by atoms with Crippen molar-refractivity contribution in [3.05, 3.63) is 24.3 Å². The van der Waals surface area contributed by atoms with Crippen molar-refractivity contribution in [1.29, 1.82) is 0 Å². The number of anilines is 2. The summed E-state index contributed by atoms with van der Waals surface area (Å²) in [7, 11) is 0. The standard InChI is InChI=1S/C14H22N2/c1-11-4-2-6-13(9-8-11)16-14-7-3-5-12(15)10-14/h3,5,7,10-11,13,16H,2,4,6,8-9,15H2,1H3. The van der Waals surface area contributed by atoms with E-state index in [-0.39, 0.29) is 0 Å². The molecule has 88 valence electrons. The second-order valence-electron chi connectivity index (χ2n) is 5.08. The molecule has 1 aromatic carbocycles. The molecule has 1 aromatic rings. The molecule has 0 aliphatic heterocycles. The van der Waals surface area contributed by atoms with Gasteiger partial charge in [-0.2, -0.15) is 0 Å². The number of nitrogens with one attached hydrogen (secondary N) is 1. The lowest BCUT2D eigenvalue weighted by Crippen LogP contribution is -2.18. The minimum Gasteiger partial charge on any atom is -0.399 e. The summed E-state index contributed by atoms with van der Waals surface area (Å²) in [5.41, 5.74) is 7.78. The van der Waals surface area contributed by atoms with Crippen LogP contribution in [0.15, 0.2) is 24.3 Å². The minimum absolute atomic E-state index is 0.631. The summed E-state index contributed by atoms with van der Waals surface area (Å²) in [5, 5.41) is 3.60. The molecule has 2 atom stereocenters. The third-order valence-corrected chi connectivity index (χ3v) is 3.51. The van der Waals surface area contributed by atoms with Crippen molar-refractivity contribution in [2.45, 2.75) is 45.1 Å². The van der Waals surface area contributed by atoms with E-state index in [0.29, 0.717) is 6.04 Å². The molecule has 0 amide bonds. The van der Waals surface area contributed by atoms with Gasteiger partial charge in [0.25, 0.3) is 0 Å². The predicted molar refractivity (Wildman–Crippen MR) is 70.5 cm³/mol. The zero-order valence-corrected chi connectivity index (χ0v) is 10.1. The molecule has 0 aromatic heterocycles. The zero-order valence-electron chi connectivity index (χ0n) is 10.1. The quantitative estimate of drug-likeness (QED) is 0.587. The maximum atomic E-state index is 5.78. The molecule has 3 N–H and O–H groups in total. The first-order valence-corrected chi connectivity index (χ1v) is 6.36. The van der Waals surface area contributed by atoms with Gasteiger partial charge in [0.15, 0.2) is 0 Å². The Bertz CT molecular complexity index is 335. The fraction of sp³-hybridized carbons (Fsp3) is 0.571. The molecule has 1 saturated carbocycles. The van der Waals surface area contributed by atoms with Crippen LogP contribution in [0.5, 0.6) is 0 Å². The fourth-order valence-corrected chi connectivity index (χ4v) is 2.50. The van der Waals surface area contributed by atoms with Crippen molar-refractivity contribution in [3.63, 3.8) is 0 Å². The highest BCUT2D eigenvalue weighted by atomic mass is 14.9. The fourth-order valence-electron chi connectivity index (χ4n) is 2.50. The Morgan fingerprint density at radius 1 is 1.19 bits per heavy atom. The number of rotatable bonds is 2. The molecular formula is C14H22N2. The third-order valence-electron chi connectivity index (χ3n) is 3.51. The highest BCUT2D eigenvalue weighted by Gasteiger charge is 2.15. The first-order valence-electron chi connectivity index (χ1n) is 6.36. The van der Waals surface area contributed by atoms with Gasteiger partial charge in [-0.15, -0.1) is 0 Å². The molecule has 16 heavy (non-hydrogen) atoms. The molecule has 1 fully saturated rings. The van der Waals surface area contributed by atoms with E-state index >= 15 is 0 Å². The summed E-state index contributed by atoms with van der Waals surface area (Å²) in [6.07, 6.45) is 6.66. The van der Waals surface area contributed by atoms with Crippen molar-refractivity contribution in [1.82, 2.24) is 0 Å². The Morgan fingerprint density at radius 3 is 2.88 bits per heavy atom. The average Bonchev–Trinajstić information content (AvgIpc) is 2.44. The minimum atomic E-state index is 0.631. The molecule has 2 nitrogen and oxygen atoms in total. The van der Waals surface area contributed by atoms with Crippen LogP contribution in [0.1, 0.15) is 39.0 Å². The lowest BCUT2D eigenvalue weighted by Gasteiger charge is -2.18. The second kappa shape index (κ2) is 5.24. The van der Waals surface area contributed by atoms with Gasteiger partial charge in [0.05, 0.1) is 0 Å². The van der Waals surface area contributed by atoms with Crippen LogP contribution in [0.25, 0.3) is 0 Å². The Kier molecular flexibility index (Phi) is 3.70. The van der Waals surface area contributed by atoms with Gasteiger partial charge < -0.3 is 11.1 Å². The molecule has 2 heteroatoms. The molecule has 0 bridgehead atoms. The molecule has 1 aliphatic rings. The molecular weight excluding hydrogens is 196 g/mol. The van der Waals surface area contributed by atoms with Crippen molar-refractivity contribution in [2.75, 3.05) is 11.1 Å². The number of hydrogen-bond acceptors (Lipinski definition) is 2. The Hall–Kier alpha value is -1.18. The van der Waals surface area contributed by atoms with Crippen LogP contribution in [0, 0.1) is 5.92 Å². The topological polar surface area (TPSA) is 38.0 Å². The SMILES string of the molecule is CC1CCCC(Nc2cccc(N)c2)CC1. The van der Waals surface area contributed by atoms with Crippen LogP contribution in [-0.4, -0.2) is 6.04 Å². The smallest absolute Gasteiger partial charge is 0.0362 e. The Morgan fingerprint density at radius 2 is 2.06 bits per heavy atom. The summed E-state index contributed by atoms with van der Waals surface area (Å²) in [6.45, 7) is 2.36. The van der Waals surface area contributed by atoms with E-state index in [1.54, 1.807) is 0 Å². The van der Waals surface area contributed by atoms with Crippen molar-refractivity contribution in [2.24, 2.45) is 5.92 Å². The van der Waals surface area contributed by atoms with E-state index in [0.717, 1.165) is 11.6 Å². The summed E-state index contributed by atoms with van der Waals surface area (Å²) < 4.78 is 0. The van der Waals surface area contributed by atoms with Gasteiger partial charge in [0, 0.05) is 17.4 Å². The molecule has 0 saturated heterocycles. The van der Waals surface area contributed by atoms with E-state index in [4.69, 9.17) is 5.73 Å². The highest BCUT2D eigenvalue weighted by Crippen LogP contribution is 2.25. The van der Waals surface area contributed by atoms with Crippen LogP contribution in [0.2, 0.25) is 0 Å². The molecule has 2 rings (SSSR count). The van der Waals surface area contributed by atoms with Crippen LogP contribution in [0.4, 0.5) is 11.4 Å². The summed E-state index contributed by atoms with van der Waals surface area (Å²) in [6, 6.07) is 8.70. The molecule has 0 heterocycles. The van der Waals surface area contributed by atoms with Crippen molar-refractivity contribution >= 4 is 11.4 Å². The summed E-state index contributed by atoms with van der Waals surface area (Å²) >= 11 is 0. The van der Waals surface area contributed by atoms with Gasteiger partial charge in [-0.1, -0.05) is 25.8 Å². The monoisotopic (exact) mass is 218 g/mol. The maximum absolute atomic E-state index is 5.78. The number of benzene rings is 1. The van der Waals surface area contributed by atoms with Crippen molar-refractivity contribution in [3.8, 4) is 0 Å². The van der Waals surface area contributed by atoms with Gasteiger partial charge in [-0.25, -0.2) is 0 Å². The third kappa shape index (κ3) is 3.16. The Labute approximate surface area is 98.2 Å². The molecule has 1 aliphatic carbocycles. The molecule has 0 radical (unpaired) electrons. The van der Waals surface area contributed by atoms with E-state index in [9.17, 15) is 0 Å². The number of hydrogen-bond donors (Lipinski definition) is 2. The van der Waals surface area contributed by atoms with Gasteiger partial charge in [0.2, 0.25) is 0 Å². The molecule has 0 spiro atoms. The van der Waals surface area contributed by atoms with Gasteiger partial charge in [-0.3, -0.25) is 0 Å². The van der Waals surface area contributed by atoms with E-state index < -0.39 is 0 Å². The second-order valence-corrected chi connectivity index (χ2v) is 5.08. The van der Waals surface area contributed by atoms with E-state index in [1.165, 1.54) is 37.8 Å². The van der Waals surface area contributed by atoms with Gasteiger partial charge in [-0.05, 0) is 43.4 Å². The lowest BCUT2D eigenvalue weighted by molar-refractivity contribution is 0.502. The van der Waals surface area contributed by atoms with Crippen LogP contribution < -0.4 is 11.1 Å². The number of nitrogen functional groups attached to an aromatic ring is 1. The van der Waals surface area contributed by atoms with Crippen LogP contribution in [-0.2, 0) is 0 Å². The van der Waals surface area contributed by atoms with E-state index in [2.05, 4.69) is 18.3 Å². The lowest BCUT2D eigenvalue weighted by atomic mass is 10.0. The summed E-state index contributed by atoms with van der Waals surface area (Å²) in [4.78, 5) is 0. The van der Waals surface area contributed by atoms with E-state index in [1.807, 2.05) is 18.2 Å². The van der Waals surface area contributed by atoms with Crippen molar-refractivity contribution < 1.29 is 0 Å². The molecule has 2 unspecified atom stereocenters. The van der Waals surface area contributed by atoms with Crippen LogP contribution in [0.3, 0.4) is 0 Å². The van der Waals surface area contributed by atoms with Gasteiger partial charge >= 0.3 is 0 Å². The Balaban J connectivity index is 1.93. The first-order chi connectivity index (χ1) is 7.74. The normalized spacial score (nSPS) is 26.1. The number of nitrogens with two attached hydrogens (primary N) is 1. The zero-order chi connectivity index (χ0) is 11.4. The highest BCUT2D eigenvalue weighted by molar-refractivity contribution is 5.54. The summed E-state index contributed by atoms with van der Waals surface area (Å²) in [5.74, 6) is 0.896. The van der Waals surface area contributed by atoms with Gasteiger partial charge in [0.1, 0.15) is 0 Å². The largest absolute Gasteiger partial charge is 0.399 e. The van der Waals surface area contributed by atoms with Crippen LogP contribution >= 0.6 is 0 Å². The maximum Gasteiger partial charge on any atom is 0.0362 e. The average molecular weight is 218 g/mol. The first kappa shape index (κ1) is 11.3.